The first-order chi connectivity index (χ1) is 14.4. The lowest BCUT2D eigenvalue weighted by Gasteiger charge is -2.34. The Morgan fingerprint density at radius 2 is 2.07 bits per heavy atom. The molecular formula is C21H25N5O4. The molecule has 4 rings (SSSR count). The van der Waals surface area contributed by atoms with Gasteiger partial charge in [-0.2, -0.15) is 0 Å². The summed E-state index contributed by atoms with van der Waals surface area (Å²) in [6, 6.07) is 7.44. The molecule has 2 aromatic rings. The molecule has 2 amide bonds. The minimum absolute atomic E-state index is 0.0432. The Morgan fingerprint density at radius 1 is 1.33 bits per heavy atom. The predicted octanol–water partition coefficient (Wildman–Crippen LogP) is 0.566. The second kappa shape index (κ2) is 7.91. The minimum atomic E-state index is -0.829. The lowest BCUT2D eigenvalue weighted by atomic mass is 9.86. The summed E-state index contributed by atoms with van der Waals surface area (Å²) in [7, 11) is 4.97. The molecule has 158 valence electrons. The van der Waals surface area contributed by atoms with E-state index in [0.29, 0.717) is 37.0 Å². The van der Waals surface area contributed by atoms with Gasteiger partial charge in [0.15, 0.2) is 0 Å². The first-order valence-electron chi connectivity index (χ1n) is 9.74. The number of nitrogens with zero attached hydrogens (tertiary/aromatic N) is 4. The fourth-order valence-electron chi connectivity index (χ4n) is 4.13. The Labute approximate surface area is 175 Å². The van der Waals surface area contributed by atoms with Gasteiger partial charge in [-0.15, -0.1) is 0 Å². The average Bonchev–Trinajstić information content (AvgIpc) is 3.02. The fourth-order valence-corrected chi connectivity index (χ4v) is 4.13. The van der Waals surface area contributed by atoms with E-state index >= 15 is 0 Å². The standard InChI is InChI=1S/C21H25N5O4/c1-25(2)19(28)16-11-26(10-14-8-22-20(29-3)23-9-14)12-21(16)13-30-17-7-5-4-6-15(17)18(27)24-21/h4-9,16H,10-13H2,1-3H3,(H,24,27)/t16-,21-/m1/s1. The Balaban J connectivity index is 1.61. The summed E-state index contributed by atoms with van der Waals surface area (Å²) in [6.45, 7) is 1.73. The molecule has 1 N–H and O–H groups in total. The average molecular weight is 411 g/mol. The quantitative estimate of drug-likeness (QED) is 0.785. The highest BCUT2D eigenvalue weighted by Crippen LogP contribution is 2.34. The molecule has 0 radical (unpaired) electrons. The van der Waals surface area contributed by atoms with Crippen LogP contribution in [0.1, 0.15) is 15.9 Å². The molecule has 9 heteroatoms. The number of para-hydroxylation sites is 1. The number of ether oxygens (including phenoxy) is 2. The fraction of sp³-hybridized carbons (Fsp3) is 0.429. The molecule has 1 aromatic carbocycles. The maximum Gasteiger partial charge on any atom is 0.316 e. The van der Waals surface area contributed by atoms with Crippen LogP contribution in [0.15, 0.2) is 36.7 Å². The third kappa shape index (κ3) is 3.68. The summed E-state index contributed by atoms with van der Waals surface area (Å²) >= 11 is 0. The lowest BCUT2D eigenvalue weighted by molar-refractivity contribution is -0.134. The molecular weight excluding hydrogens is 386 g/mol. The predicted molar refractivity (Wildman–Crippen MR) is 108 cm³/mol. The summed E-state index contributed by atoms with van der Waals surface area (Å²) in [6.07, 6.45) is 3.41. The van der Waals surface area contributed by atoms with Crippen LogP contribution in [-0.2, 0) is 11.3 Å². The molecule has 0 aliphatic carbocycles. The number of hydrogen-bond acceptors (Lipinski definition) is 7. The second-order valence-electron chi connectivity index (χ2n) is 7.93. The Kier molecular flexibility index (Phi) is 5.29. The molecule has 0 bridgehead atoms. The Hall–Kier alpha value is -3.20. The van der Waals surface area contributed by atoms with Crippen LogP contribution in [0, 0.1) is 5.92 Å². The number of carbonyl (C=O) groups excluding carboxylic acids is 2. The van der Waals surface area contributed by atoms with Crippen LogP contribution >= 0.6 is 0 Å². The number of aromatic nitrogens is 2. The third-order valence-electron chi connectivity index (χ3n) is 5.60. The van der Waals surface area contributed by atoms with Gasteiger partial charge in [-0.3, -0.25) is 14.5 Å². The van der Waals surface area contributed by atoms with E-state index in [1.165, 1.54) is 7.11 Å². The molecule has 0 saturated carbocycles. The van der Waals surface area contributed by atoms with Gasteiger partial charge in [-0.1, -0.05) is 12.1 Å². The summed E-state index contributed by atoms with van der Waals surface area (Å²) in [5.74, 6) is -0.178. The molecule has 9 nitrogen and oxygen atoms in total. The molecule has 2 aliphatic heterocycles. The third-order valence-corrected chi connectivity index (χ3v) is 5.60. The molecule has 2 aliphatic rings. The van der Waals surface area contributed by atoms with E-state index < -0.39 is 11.5 Å². The van der Waals surface area contributed by atoms with Crippen molar-refractivity contribution in [2.45, 2.75) is 12.1 Å². The zero-order valence-electron chi connectivity index (χ0n) is 17.3. The van der Waals surface area contributed by atoms with Crippen LogP contribution in [0.3, 0.4) is 0 Å². The highest BCUT2D eigenvalue weighted by Gasteiger charge is 2.53. The normalized spacial score (nSPS) is 23.3. The van der Waals surface area contributed by atoms with Crippen molar-refractivity contribution in [3.05, 3.63) is 47.8 Å². The molecule has 2 atom stereocenters. The van der Waals surface area contributed by atoms with Crippen LogP contribution in [0.5, 0.6) is 11.8 Å². The second-order valence-corrected chi connectivity index (χ2v) is 7.93. The highest BCUT2D eigenvalue weighted by molar-refractivity contribution is 5.98. The Morgan fingerprint density at radius 3 is 2.77 bits per heavy atom. The van der Waals surface area contributed by atoms with E-state index in [1.807, 2.05) is 6.07 Å². The first kappa shape index (κ1) is 20.1. The summed E-state index contributed by atoms with van der Waals surface area (Å²) in [5, 5.41) is 3.13. The van der Waals surface area contributed by atoms with Crippen molar-refractivity contribution < 1.29 is 19.1 Å². The number of hydrogen-bond donors (Lipinski definition) is 1. The molecule has 0 unspecified atom stereocenters. The maximum absolute atomic E-state index is 13.0. The smallest absolute Gasteiger partial charge is 0.316 e. The maximum atomic E-state index is 13.0. The van der Waals surface area contributed by atoms with Gasteiger partial charge in [0.2, 0.25) is 5.91 Å². The van der Waals surface area contributed by atoms with Crippen LogP contribution in [0.25, 0.3) is 0 Å². The van der Waals surface area contributed by atoms with Gasteiger partial charge >= 0.3 is 6.01 Å². The van der Waals surface area contributed by atoms with E-state index in [0.717, 1.165) is 5.56 Å². The minimum Gasteiger partial charge on any atom is -0.490 e. The SMILES string of the molecule is COc1ncc(CN2C[C@H](C(=O)N(C)C)[C@]3(COc4ccccc4C(=O)N3)C2)cn1. The van der Waals surface area contributed by atoms with Crippen LogP contribution < -0.4 is 14.8 Å². The van der Waals surface area contributed by atoms with Gasteiger partial charge in [-0.05, 0) is 12.1 Å². The van der Waals surface area contributed by atoms with E-state index in [2.05, 4.69) is 20.2 Å². The highest BCUT2D eigenvalue weighted by atomic mass is 16.5. The zero-order chi connectivity index (χ0) is 21.3. The Bertz CT molecular complexity index is 949. The number of carbonyl (C=O) groups is 2. The van der Waals surface area contributed by atoms with Gasteiger partial charge in [0.25, 0.3) is 5.91 Å². The van der Waals surface area contributed by atoms with E-state index in [9.17, 15) is 9.59 Å². The van der Waals surface area contributed by atoms with Crippen LogP contribution in [0.2, 0.25) is 0 Å². The van der Waals surface area contributed by atoms with Crippen molar-refractivity contribution in [1.29, 1.82) is 0 Å². The molecule has 1 saturated heterocycles. The summed E-state index contributed by atoms with van der Waals surface area (Å²) in [5.41, 5.74) is 0.547. The number of amides is 2. The van der Waals surface area contributed by atoms with Gasteiger partial charge in [0, 0.05) is 51.7 Å². The van der Waals surface area contributed by atoms with Gasteiger partial charge in [0.1, 0.15) is 12.4 Å². The van der Waals surface area contributed by atoms with Crippen LogP contribution in [0.4, 0.5) is 0 Å². The van der Waals surface area contributed by atoms with Crippen molar-refractivity contribution >= 4 is 11.8 Å². The van der Waals surface area contributed by atoms with E-state index in [-0.39, 0.29) is 18.4 Å². The molecule has 1 spiro atoms. The number of fused-ring (bicyclic) bond motifs is 1. The monoisotopic (exact) mass is 411 g/mol. The number of nitrogens with one attached hydrogen (secondary N) is 1. The number of rotatable bonds is 4. The zero-order valence-corrected chi connectivity index (χ0v) is 17.3. The molecule has 30 heavy (non-hydrogen) atoms. The van der Waals surface area contributed by atoms with Crippen molar-refractivity contribution in [2.75, 3.05) is 40.9 Å². The largest absolute Gasteiger partial charge is 0.490 e. The van der Waals surface area contributed by atoms with Crippen molar-refractivity contribution in [3.63, 3.8) is 0 Å². The molecule has 1 fully saturated rings. The van der Waals surface area contributed by atoms with Gasteiger partial charge in [0.05, 0.1) is 24.1 Å². The number of benzene rings is 1. The van der Waals surface area contributed by atoms with Gasteiger partial charge in [-0.25, -0.2) is 9.97 Å². The topological polar surface area (TPSA) is 96.9 Å². The van der Waals surface area contributed by atoms with E-state index in [1.54, 1.807) is 49.6 Å². The van der Waals surface area contributed by atoms with Crippen molar-refractivity contribution in [2.24, 2.45) is 5.92 Å². The summed E-state index contributed by atoms with van der Waals surface area (Å²) in [4.78, 5) is 38.0. The number of methoxy groups -OCH3 is 1. The van der Waals surface area contributed by atoms with E-state index in [4.69, 9.17) is 9.47 Å². The molecule has 3 heterocycles. The first-order valence-corrected chi connectivity index (χ1v) is 9.74. The lowest BCUT2D eigenvalue weighted by Crippen LogP contribution is -2.60. The summed E-state index contributed by atoms with van der Waals surface area (Å²) < 4.78 is 11.0. The van der Waals surface area contributed by atoms with Gasteiger partial charge < -0.3 is 19.7 Å². The van der Waals surface area contributed by atoms with Crippen molar-refractivity contribution in [3.8, 4) is 11.8 Å². The molecule has 1 aromatic heterocycles. The number of likely N-dealkylation sites (tertiary alicyclic amines) is 1. The van der Waals surface area contributed by atoms with Crippen LogP contribution in [-0.4, -0.2) is 78.0 Å². The van der Waals surface area contributed by atoms with Crippen molar-refractivity contribution in [1.82, 2.24) is 25.1 Å².